The summed E-state index contributed by atoms with van der Waals surface area (Å²) in [5, 5.41) is 3.16. The van der Waals surface area contributed by atoms with Crippen molar-refractivity contribution in [1.29, 1.82) is 0 Å². The Balaban J connectivity index is 0.000000220. The molecule has 2 aromatic rings. The van der Waals surface area contributed by atoms with Crippen LogP contribution in [0, 0.1) is 0 Å². The average molecular weight is 312 g/mol. The quantitative estimate of drug-likeness (QED) is 0.812. The van der Waals surface area contributed by atoms with Crippen LogP contribution < -0.4 is 15.0 Å². The van der Waals surface area contributed by atoms with Crippen molar-refractivity contribution in [2.45, 2.75) is 6.92 Å². The fourth-order valence-electron chi connectivity index (χ4n) is 2.56. The molecule has 1 amide bonds. The monoisotopic (exact) mass is 312 g/mol. The number of hydrogen-bond donors (Lipinski definition) is 1. The van der Waals surface area contributed by atoms with Gasteiger partial charge in [0.2, 0.25) is 5.91 Å². The fraction of sp³-hybridized carbons (Fsp3) is 0.278. The van der Waals surface area contributed by atoms with E-state index in [-0.39, 0.29) is 5.91 Å². The van der Waals surface area contributed by atoms with Crippen molar-refractivity contribution < 1.29 is 14.3 Å². The van der Waals surface area contributed by atoms with Crippen molar-refractivity contribution in [3.05, 3.63) is 48.5 Å². The number of para-hydroxylation sites is 4. The average Bonchev–Trinajstić information content (AvgIpc) is 2.61. The zero-order valence-corrected chi connectivity index (χ0v) is 13.1. The number of ether oxygens (including phenoxy) is 2. The lowest BCUT2D eigenvalue weighted by Gasteiger charge is -2.30. The summed E-state index contributed by atoms with van der Waals surface area (Å²) in [6, 6.07) is 15.1. The van der Waals surface area contributed by atoms with E-state index in [0.29, 0.717) is 11.5 Å². The molecule has 2 aliphatic rings. The summed E-state index contributed by atoms with van der Waals surface area (Å²) >= 11 is 0. The highest BCUT2D eigenvalue weighted by atomic mass is 16.5. The van der Waals surface area contributed by atoms with Gasteiger partial charge in [0.25, 0.3) is 0 Å². The van der Waals surface area contributed by atoms with Crippen molar-refractivity contribution >= 4 is 17.3 Å². The zero-order valence-electron chi connectivity index (χ0n) is 13.1. The fourth-order valence-corrected chi connectivity index (χ4v) is 2.56. The molecular weight excluding hydrogens is 292 g/mol. The molecule has 0 aromatic heterocycles. The number of nitrogens with one attached hydrogen (secondary N) is 1. The van der Waals surface area contributed by atoms with E-state index in [9.17, 15) is 4.79 Å². The smallest absolute Gasteiger partial charge is 0.228 e. The summed E-state index contributed by atoms with van der Waals surface area (Å²) in [6.07, 6.45) is 0. The molecule has 2 aromatic carbocycles. The molecule has 0 unspecified atom stereocenters. The Bertz CT molecular complexity index is 626. The van der Waals surface area contributed by atoms with Crippen molar-refractivity contribution in [3.8, 4) is 11.5 Å². The predicted molar refractivity (Wildman–Crippen MR) is 89.5 cm³/mol. The largest absolute Gasteiger partial charge is 0.453 e. The van der Waals surface area contributed by atoms with Gasteiger partial charge in [0, 0.05) is 20.0 Å². The van der Waals surface area contributed by atoms with E-state index in [0.717, 1.165) is 37.7 Å². The van der Waals surface area contributed by atoms with E-state index in [1.807, 2.05) is 48.5 Å². The number of hydrogen-bond acceptors (Lipinski definition) is 4. The Kier molecular flexibility index (Phi) is 4.90. The molecule has 1 fully saturated rings. The minimum atomic E-state index is -0.0202. The molecule has 0 atom stereocenters. The third kappa shape index (κ3) is 3.52. The Morgan fingerprint density at radius 2 is 1.48 bits per heavy atom. The maximum atomic E-state index is 11.8. The summed E-state index contributed by atoms with van der Waals surface area (Å²) in [5.74, 6) is 1.40. The molecule has 0 radical (unpaired) electrons. The van der Waals surface area contributed by atoms with E-state index in [2.05, 4.69) is 5.32 Å². The van der Waals surface area contributed by atoms with Gasteiger partial charge < -0.3 is 14.8 Å². The number of benzene rings is 2. The van der Waals surface area contributed by atoms with Gasteiger partial charge in [-0.05, 0) is 24.3 Å². The zero-order chi connectivity index (χ0) is 16.1. The summed E-state index contributed by atoms with van der Waals surface area (Å²) in [6.45, 7) is 5.39. The van der Waals surface area contributed by atoms with E-state index in [1.165, 1.54) is 0 Å². The number of morpholine rings is 1. The van der Waals surface area contributed by atoms with E-state index >= 15 is 0 Å². The third-order valence-corrected chi connectivity index (χ3v) is 3.59. The molecule has 4 rings (SSSR count). The number of amides is 1. The normalized spacial score (nSPS) is 15.4. The Labute approximate surface area is 135 Å². The van der Waals surface area contributed by atoms with Crippen molar-refractivity contribution in [1.82, 2.24) is 5.32 Å². The van der Waals surface area contributed by atoms with Crippen LogP contribution in [0.15, 0.2) is 48.5 Å². The van der Waals surface area contributed by atoms with Crippen LogP contribution in [0.2, 0.25) is 0 Å². The standard InChI is InChI=1S/C14H11NO2.C4H9NO/c1-10(16)15-11-6-2-4-8-13(11)17-14-9-5-3-7-12(14)15;1-3-6-4-2-5-1/h2-9H,1H3;5H,1-4H2. The van der Waals surface area contributed by atoms with Crippen LogP contribution in [-0.2, 0) is 9.53 Å². The van der Waals surface area contributed by atoms with Gasteiger partial charge >= 0.3 is 0 Å². The second-order valence-corrected chi connectivity index (χ2v) is 5.25. The maximum absolute atomic E-state index is 11.8. The number of carbonyl (C=O) groups is 1. The Morgan fingerprint density at radius 3 is 1.87 bits per heavy atom. The van der Waals surface area contributed by atoms with Crippen LogP contribution in [0.1, 0.15) is 6.92 Å². The van der Waals surface area contributed by atoms with Gasteiger partial charge in [-0.3, -0.25) is 9.69 Å². The highest BCUT2D eigenvalue weighted by Gasteiger charge is 2.26. The topological polar surface area (TPSA) is 50.8 Å². The molecule has 23 heavy (non-hydrogen) atoms. The number of fused-ring (bicyclic) bond motifs is 2. The molecule has 120 valence electrons. The van der Waals surface area contributed by atoms with E-state index in [1.54, 1.807) is 11.8 Å². The lowest BCUT2D eigenvalue weighted by molar-refractivity contribution is -0.115. The molecule has 1 N–H and O–H groups in total. The second kappa shape index (κ2) is 7.26. The van der Waals surface area contributed by atoms with Gasteiger partial charge in [0.05, 0.1) is 24.6 Å². The SMILES string of the molecule is C1COCCN1.CC(=O)N1c2ccccc2Oc2ccccc21. The minimum absolute atomic E-state index is 0.0202. The molecule has 0 aliphatic carbocycles. The van der Waals surface area contributed by atoms with E-state index < -0.39 is 0 Å². The van der Waals surface area contributed by atoms with Crippen LogP contribution >= 0.6 is 0 Å². The summed E-state index contributed by atoms with van der Waals surface area (Å²) in [4.78, 5) is 13.5. The van der Waals surface area contributed by atoms with Crippen molar-refractivity contribution in [3.63, 3.8) is 0 Å². The molecule has 2 heterocycles. The highest BCUT2D eigenvalue weighted by Crippen LogP contribution is 2.46. The number of carbonyl (C=O) groups excluding carboxylic acids is 1. The second-order valence-electron chi connectivity index (χ2n) is 5.25. The first kappa shape index (κ1) is 15.5. The van der Waals surface area contributed by atoms with Gasteiger partial charge in [-0.1, -0.05) is 24.3 Å². The van der Waals surface area contributed by atoms with Crippen LogP contribution in [0.4, 0.5) is 11.4 Å². The minimum Gasteiger partial charge on any atom is -0.453 e. The van der Waals surface area contributed by atoms with E-state index in [4.69, 9.17) is 9.47 Å². The van der Waals surface area contributed by atoms with Gasteiger partial charge in [-0.2, -0.15) is 0 Å². The maximum Gasteiger partial charge on any atom is 0.228 e. The van der Waals surface area contributed by atoms with Gasteiger partial charge in [-0.25, -0.2) is 0 Å². The molecule has 5 nitrogen and oxygen atoms in total. The number of anilines is 2. The number of rotatable bonds is 0. The van der Waals surface area contributed by atoms with Gasteiger partial charge in [0.15, 0.2) is 11.5 Å². The summed E-state index contributed by atoms with van der Waals surface area (Å²) < 4.78 is 10.8. The molecule has 0 saturated carbocycles. The molecular formula is C18H20N2O3. The van der Waals surface area contributed by atoms with Crippen molar-refractivity contribution in [2.24, 2.45) is 0 Å². The first-order valence-electron chi connectivity index (χ1n) is 7.72. The molecule has 1 saturated heterocycles. The molecule has 0 bridgehead atoms. The summed E-state index contributed by atoms with van der Waals surface area (Å²) in [5.41, 5.74) is 1.58. The van der Waals surface area contributed by atoms with Crippen LogP contribution in [0.25, 0.3) is 0 Å². The van der Waals surface area contributed by atoms with Gasteiger partial charge in [-0.15, -0.1) is 0 Å². The van der Waals surface area contributed by atoms with Crippen LogP contribution in [0.3, 0.4) is 0 Å². The number of nitrogens with zero attached hydrogens (tertiary/aromatic N) is 1. The lowest BCUT2D eigenvalue weighted by Crippen LogP contribution is -2.30. The van der Waals surface area contributed by atoms with Crippen LogP contribution in [-0.4, -0.2) is 32.2 Å². The Morgan fingerprint density at radius 1 is 0.957 bits per heavy atom. The lowest BCUT2D eigenvalue weighted by atomic mass is 10.1. The van der Waals surface area contributed by atoms with Crippen LogP contribution in [0.5, 0.6) is 11.5 Å². The predicted octanol–water partition coefficient (Wildman–Crippen LogP) is 3.08. The highest BCUT2D eigenvalue weighted by molar-refractivity contribution is 6.03. The molecule has 2 aliphatic heterocycles. The third-order valence-electron chi connectivity index (χ3n) is 3.59. The Hall–Kier alpha value is -2.37. The first-order valence-corrected chi connectivity index (χ1v) is 7.72. The molecule has 0 spiro atoms. The van der Waals surface area contributed by atoms with Gasteiger partial charge in [0.1, 0.15) is 0 Å². The van der Waals surface area contributed by atoms with Crippen molar-refractivity contribution in [2.75, 3.05) is 31.2 Å². The first-order chi connectivity index (χ1) is 11.3. The molecule has 5 heteroatoms. The summed E-state index contributed by atoms with van der Waals surface area (Å²) in [7, 11) is 0.